The van der Waals surface area contributed by atoms with Crippen molar-refractivity contribution in [2.45, 2.75) is 12.6 Å². The zero-order chi connectivity index (χ0) is 13.2. The fourth-order valence-electron chi connectivity index (χ4n) is 2.62. The van der Waals surface area contributed by atoms with Crippen LogP contribution in [0.5, 0.6) is 5.75 Å². The third-order valence-corrected chi connectivity index (χ3v) is 3.56. The fourth-order valence-corrected chi connectivity index (χ4v) is 2.62. The molecular weight excluding hydrogens is 241 g/mol. The summed E-state index contributed by atoms with van der Waals surface area (Å²) in [6, 6.07) is 13.1. The van der Waals surface area contributed by atoms with E-state index in [2.05, 4.69) is 5.32 Å². The lowest BCUT2D eigenvalue weighted by atomic mass is 9.98. The van der Waals surface area contributed by atoms with Crippen LogP contribution in [0.1, 0.15) is 22.9 Å². The molecule has 3 heteroatoms. The third-order valence-electron chi connectivity index (χ3n) is 3.56. The fraction of sp³-hybridized carbons (Fsp3) is 0.250. The second kappa shape index (κ2) is 4.92. The number of anilines is 1. The van der Waals surface area contributed by atoms with Gasteiger partial charge >= 0.3 is 0 Å². The van der Waals surface area contributed by atoms with Crippen molar-refractivity contribution in [2.75, 3.05) is 19.0 Å². The van der Waals surface area contributed by atoms with Crippen LogP contribution >= 0.6 is 0 Å². The summed E-state index contributed by atoms with van der Waals surface area (Å²) in [5.41, 5.74) is 3.41. The van der Waals surface area contributed by atoms with E-state index < -0.39 is 6.17 Å². The van der Waals surface area contributed by atoms with Crippen molar-refractivity contribution in [2.24, 2.45) is 0 Å². The van der Waals surface area contributed by atoms with Crippen molar-refractivity contribution in [3.05, 3.63) is 59.2 Å². The molecule has 2 nitrogen and oxygen atoms in total. The Morgan fingerprint density at radius 1 is 1.11 bits per heavy atom. The lowest BCUT2D eigenvalue weighted by molar-refractivity contribution is 0.364. The van der Waals surface area contributed by atoms with E-state index in [-0.39, 0.29) is 0 Å². The first-order valence-corrected chi connectivity index (χ1v) is 6.44. The van der Waals surface area contributed by atoms with E-state index in [1.54, 1.807) is 19.2 Å². The molecule has 1 atom stereocenters. The van der Waals surface area contributed by atoms with E-state index in [1.165, 1.54) is 5.56 Å². The van der Waals surface area contributed by atoms with Crippen LogP contribution in [0.2, 0.25) is 0 Å². The van der Waals surface area contributed by atoms with Crippen molar-refractivity contribution in [1.29, 1.82) is 0 Å². The van der Waals surface area contributed by atoms with Crippen LogP contribution in [0.25, 0.3) is 0 Å². The van der Waals surface area contributed by atoms with Gasteiger partial charge in [0.15, 0.2) is 6.17 Å². The maximum atomic E-state index is 14.9. The number of methoxy groups -OCH3 is 1. The van der Waals surface area contributed by atoms with Gasteiger partial charge in [-0.1, -0.05) is 36.4 Å². The van der Waals surface area contributed by atoms with Crippen LogP contribution in [-0.2, 0) is 6.42 Å². The van der Waals surface area contributed by atoms with E-state index in [1.807, 2.05) is 30.3 Å². The van der Waals surface area contributed by atoms with E-state index >= 15 is 0 Å². The molecule has 3 rings (SSSR count). The summed E-state index contributed by atoms with van der Waals surface area (Å²) in [4.78, 5) is 0. The Morgan fingerprint density at radius 3 is 2.74 bits per heavy atom. The van der Waals surface area contributed by atoms with Crippen LogP contribution < -0.4 is 10.1 Å². The molecule has 0 aliphatic carbocycles. The lowest BCUT2D eigenvalue weighted by Gasteiger charge is -2.16. The first kappa shape index (κ1) is 12.0. The average molecular weight is 257 g/mol. The topological polar surface area (TPSA) is 21.3 Å². The first-order valence-electron chi connectivity index (χ1n) is 6.44. The number of alkyl halides is 1. The summed E-state index contributed by atoms with van der Waals surface area (Å²) in [7, 11) is 1.57. The quantitative estimate of drug-likeness (QED) is 0.904. The van der Waals surface area contributed by atoms with Gasteiger partial charge in [0.1, 0.15) is 5.75 Å². The minimum Gasteiger partial charge on any atom is -0.496 e. The highest BCUT2D eigenvalue weighted by Gasteiger charge is 2.23. The van der Waals surface area contributed by atoms with Gasteiger partial charge in [0.05, 0.1) is 7.11 Å². The van der Waals surface area contributed by atoms with Gasteiger partial charge in [0, 0.05) is 23.4 Å². The zero-order valence-corrected chi connectivity index (χ0v) is 10.8. The number of hydrogen-bond acceptors (Lipinski definition) is 2. The minimum absolute atomic E-state index is 0.576. The zero-order valence-electron chi connectivity index (χ0n) is 10.8. The van der Waals surface area contributed by atoms with Crippen LogP contribution in [0.4, 0.5) is 10.1 Å². The molecule has 0 amide bonds. The molecule has 1 aliphatic heterocycles. The summed E-state index contributed by atoms with van der Waals surface area (Å²) in [6.45, 7) is 0.880. The van der Waals surface area contributed by atoms with Crippen LogP contribution in [0.15, 0.2) is 42.5 Å². The summed E-state index contributed by atoms with van der Waals surface area (Å²) >= 11 is 0. The van der Waals surface area contributed by atoms with Gasteiger partial charge in [-0.3, -0.25) is 0 Å². The number of fused-ring (bicyclic) bond motifs is 1. The van der Waals surface area contributed by atoms with E-state index in [4.69, 9.17) is 4.74 Å². The predicted octanol–water partition coefficient (Wildman–Crippen LogP) is 3.72. The molecule has 0 fully saturated rings. The van der Waals surface area contributed by atoms with Crippen molar-refractivity contribution < 1.29 is 9.13 Å². The highest BCUT2D eigenvalue weighted by atomic mass is 19.1. The molecule has 98 valence electrons. The molecule has 0 bridgehead atoms. The number of ether oxygens (including phenoxy) is 1. The molecule has 0 aromatic heterocycles. The summed E-state index contributed by atoms with van der Waals surface area (Å²) in [6.07, 6.45) is -0.210. The highest BCUT2D eigenvalue weighted by molar-refractivity contribution is 5.63. The molecular formula is C16H16FNO. The van der Waals surface area contributed by atoms with E-state index in [0.717, 1.165) is 18.7 Å². The van der Waals surface area contributed by atoms with Gasteiger partial charge in [-0.2, -0.15) is 0 Å². The van der Waals surface area contributed by atoms with Gasteiger partial charge in [-0.25, -0.2) is 4.39 Å². The molecule has 1 aliphatic rings. The number of nitrogens with one attached hydrogen (secondary N) is 1. The van der Waals surface area contributed by atoms with E-state index in [9.17, 15) is 4.39 Å². The van der Waals surface area contributed by atoms with Crippen molar-refractivity contribution in [3.63, 3.8) is 0 Å². The molecule has 1 unspecified atom stereocenters. The minimum atomic E-state index is -1.17. The Hall–Kier alpha value is -2.03. The largest absolute Gasteiger partial charge is 0.496 e. The lowest BCUT2D eigenvalue weighted by Crippen LogP contribution is -2.02. The molecule has 0 radical (unpaired) electrons. The Labute approximate surface area is 112 Å². The SMILES string of the molecule is COc1ccccc1C(F)c1cccc2c1NCC2. The molecule has 0 saturated carbocycles. The van der Waals surface area contributed by atoms with E-state index in [0.29, 0.717) is 16.9 Å². The normalized spacial score (nSPS) is 14.6. The smallest absolute Gasteiger partial charge is 0.156 e. The second-order valence-electron chi connectivity index (χ2n) is 4.66. The molecule has 1 N–H and O–H groups in total. The number of hydrogen-bond donors (Lipinski definition) is 1. The molecule has 0 saturated heterocycles. The molecule has 2 aromatic rings. The molecule has 0 spiro atoms. The van der Waals surface area contributed by atoms with Crippen molar-refractivity contribution in [1.82, 2.24) is 0 Å². The maximum Gasteiger partial charge on any atom is 0.156 e. The van der Waals surface area contributed by atoms with Gasteiger partial charge in [-0.05, 0) is 18.1 Å². The Bertz CT molecular complexity index is 597. The predicted molar refractivity (Wildman–Crippen MR) is 74.6 cm³/mol. The Balaban J connectivity index is 2.05. The first-order chi connectivity index (χ1) is 9.31. The third kappa shape index (κ3) is 2.05. The second-order valence-corrected chi connectivity index (χ2v) is 4.66. The summed E-state index contributed by atoms with van der Waals surface area (Å²) in [5, 5.41) is 3.28. The van der Waals surface area contributed by atoms with Gasteiger partial charge in [0.2, 0.25) is 0 Å². The Morgan fingerprint density at radius 2 is 1.89 bits per heavy atom. The van der Waals surface area contributed by atoms with Crippen LogP contribution in [-0.4, -0.2) is 13.7 Å². The molecule has 1 heterocycles. The summed E-state index contributed by atoms with van der Waals surface area (Å²) in [5.74, 6) is 0.589. The number of benzene rings is 2. The van der Waals surface area contributed by atoms with Gasteiger partial charge in [0.25, 0.3) is 0 Å². The van der Waals surface area contributed by atoms with Crippen molar-refractivity contribution >= 4 is 5.69 Å². The number of rotatable bonds is 3. The summed E-state index contributed by atoms with van der Waals surface area (Å²) < 4.78 is 20.1. The van der Waals surface area contributed by atoms with Gasteiger partial charge < -0.3 is 10.1 Å². The average Bonchev–Trinajstić information content (AvgIpc) is 2.94. The highest BCUT2D eigenvalue weighted by Crippen LogP contribution is 2.39. The van der Waals surface area contributed by atoms with Crippen LogP contribution in [0, 0.1) is 0 Å². The molecule has 19 heavy (non-hydrogen) atoms. The van der Waals surface area contributed by atoms with Gasteiger partial charge in [-0.15, -0.1) is 0 Å². The number of halogens is 1. The standard InChI is InChI=1S/C16H16FNO/c1-19-14-8-3-2-6-12(14)15(17)13-7-4-5-11-9-10-18-16(11)13/h2-8,15,18H,9-10H2,1H3. The monoisotopic (exact) mass is 257 g/mol. The van der Waals surface area contributed by atoms with Crippen LogP contribution in [0.3, 0.4) is 0 Å². The van der Waals surface area contributed by atoms with Crippen molar-refractivity contribution in [3.8, 4) is 5.75 Å². The Kier molecular flexibility index (Phi) is 3.11. The molecule has 2 aromatic carbocycles. The maximum absolute atomic E-state index is 14.9. The number of para-hydroxylation sites is 2.